The van der Waals surface area contributed by atoms with E-state index in [2.05, 4.69) is 41.6 Å². The first-order valence-corrected chi connectivity index (χ1v) is 12.1. The fourth-order valence-corrected chi connectivity index (χ4v) is 6.08. The number of hydrogen-bond acceptors (Lipinski definition) is 7. The van der Waals surface area contributed by atoms with Gasteiger partial charge in [-0.2, -0.15) is 0 Å². The lowest BCUT2D eigenvalue weighted by Gasteiger charge is -2.26. The molecule has 1 aliphatic heterocycles. The number of nitrogens with zero attached hydrogens (tertiary/aromatic N) is 4. The number of unbranched alkanes of at least 4 members (excludes halogenated alkanes) is 1. The van der Waals surface area contributed by atoms with Gasteiger partial charge in [0.05, 0.1) is 18.1 Å². The van der Waals surface area contributed by atoms with Gasteiger partial charge >= 0.3 is 0 Å². The molecule has 8 heteroatoms. The predicted octanol–water partition coefficient (Wildman–Crippen LogP) is 5.05. The van der Waals surface area contributed by atoms with Crippen molar-refractivity contribution in [2.24, 2.45) is 5.92 Å². The van der Waals surface area contributed by atoms with Crippen LogP contribution in [0.15, 0.2) is 10.3 Å². The van der Waals surface area contributed by atoms with Crippen LogP contribution in [0.1, 0.15) is 44.1 Å². The Bertz CT molecular complexity index is 934. The summed E-state index contributed by atoms with van der Waals surface area (Å²) in [7, 11) is 0. The fourth-order valence-electron chi connectivity index (χ4n) is 3.29. The maximum absolute atomic E-state index is 6.07. The van der Waals surface area contributed by atoms with Crippen molar-refractivity contribution in [3.05, 3.63) is 10.4 Å². The SMILES string of the molecule is CCCCSc1nnc2c3c4c(sc3nc(SC)n12)CO[C@@H](C(C)C)C4. The highest BCUT2D eigenvalue weighted by Crippen LogP contribution is 2.40. The zero-order chi connectivity index (χ0) is 18.3. The average molecular weight is 409 g/mol. The van der Waals surface area contributed by atoms with Gasteiger partial charge in [-0.05, 0) is 24.2 Å². The van der Waals surface area contributed by atoms with Crippen molar-refractivity contribution >= 4 is 50.7 Å². The molecule has 0 N–H and O–H groups in total. The molecule has 26 heavy (non-hydrogen) atoms. The molecule has 0 saturated heterocycles. The highest BCUT2D eigenvalue weighted by molar-refractivity contribution is 7.99. The highest BCUT2D eigenvalue weighted by Gasteiger charge is 2.28. The van der Waals surface area contributed by atoms with Crippen LogP contribution in [0.5, 0.6) is 0 Å². The molecule has 0 radical (unpaired) electrons. The molecule has 0 amide bonds. The molecule has 140 valence electrons. The second-order valence-corrected chi connectivity index (χ2v) is 9.84. The Morgan fingerprint density at radius 3 is 2.88 bits per heavy atom. The number of ether oxygens (including phenoxy) is 1. The Labute approximate surface area is 166 Å². The van der Waals surface area contributed by atoms with E-state index < -0.39 is 0 Å². The van der Waals surface area contributed by atoms with E-state index >= 15 is 0 Å². The Balaban J connectivity index is 1.87. The van der Waals surface area contributed by atoms with E-state index in [0.29, 0.717) is 12.5 Å². The van der Waals surface area contributed by atoms with Crippen molar-refractivity contribution < 1.29 is 4.74 Å². The van der Waals surface area contributed by atoms with Crippen LogP contribution in [0.3, 0.4) is 0 Å². The Kier molecular flexibility index (Phi) is 5.46. The molecule has 0 fully saturated rings. The van der Waals surface area contributed by atoms with Gasteiger partial charge in [-0.25, -0.2) is 9.38 Å². The van der Waals surface area contributed by atoms with Crippen molar-refractivity contribution in [2.45, 2.75) is 63.1 Å². The Morgan fingerprint density at radius 2 is 2.15 bits per heavy atom. The molecule has 0 aliphatic carbocycles. The average Bonchev–Trinajstić information content (AvgIpc) is 3.21. The molecular formula is C18H24N4OS3. The van der Waals surface area contributed by atoms with Crippen LogP contribution in [-0.2, 0) is 17.8 Å². The maximum Gasteiger partial charge on any atom is 0.197 e. The monoisotopic (exact) mass is 408 g/mol. The number of thioether (sulfide) groups is 2. The van der Waals surface area contributed by atoms with Gasteiger partial charge in [0.15, 0.2) is 16.0 Å². The topological polar surface area (TPSA) is 52.3 Å². The minimum Gasteiger partial charge on any atom is -0.372 e. The van der Waals surface area contributed by atoms with Gasteiger partial charge in [0.1, 0.15) is 4.83 Å². The van der Waals surface area contributed by atoms with Crippen LogP contribution in [0.2, 0.25) is 0 Å². The molecule has 5 nitrogen and oxygen atoms in total. The quantitative estimate of drug-likeness (QED) is 0.323. The first-order valence-electron chi connectivity index (χ1n) is 9.11. The smallest absolute Gasteiger partial charge is 0.197 e. The molecular weight excluding hydrogens is 384 g/mol. The lowest BCUT2D eigenvalue weighted by atomic mass is 9.96. The van der Waals surface area contributed by atoms with Gasteiger partial charge in [0.2, 0.25) is 0 Å². The second-order valence-electron chi connectivity index (χ2n) is 6.92. The van der Waals surface area contributed by atoms with Crippen molar-refractivity contribution in [3.8, 4) is 0 Å². The van der Waals surface area contributed by atoms with E-state index in [0.717, 1.165) is 33.0 Å². The number of aromatic nitrogens is 4. The molecule has 4 heterocycles. The zero-order valence-corrected chi connectivity index (χ0v) is 18.1. The summed E-state index contributed by atoms with van der Waals surface area (Å²) in [5, 5.41) is 12.2. The molecule has 0 bridgehead atoms. The van der Waals surface area contributed by atoms with Crippen molar-refractivity contribution in [1.29, 1.82) is 0 Å². The standard InChI is InChI=1S/C18H24N4OS3/c1-5-6-7-25-18-21-20-15-14-11-8-12(10(2)3)23-9-13(11)26-16(14)19-17(24-4)22(15)18/h10,12H,5-9H2,1-4H3/t12-/m1/s1. The molecule has 1 aliphatic rings. The number of fused-ring (bicyclic) bond motifs is 5. The molecule has 0 aromatic carbocycles. The number of rotatable bonds is 6. The maximum atomic E-state index is 6.07. The van der Waals surface area contributed by atoms with Crippen LogP contribution in [0.4, 0.5) is 0 Å². The van der Waals surface area contributed by atoms with Crippen LogP contribution < -0.4 is 0 Å². The predicted molar refractivity (Wildman–Crippen MR) is 111 cm³/mol. The van der Waals surface area contributed by atoms with Gasteiger partial charge in [0, 0.05) is 17.1 Å². The third-order valence-electron chi connectivity index (χ3n) is 4.81. The summed E-state index contributed by atoms with van der Waals surface area (Å²) in [6.07, 6.45) is 5.65. The molecule has 0 saturated carbocycles. The molecule has 3 aromatic heterocycles. The van der Waals surface area contributed by atoms with Gasteiger partial charge in [-0.3, -0.25) is 0 Å². The van der Waals surface area contributed by atoms with Crippen LogP contribution in [-0.4, -0.2) is 37.7 Å². The van der Waals surface area contributed by atoms with E-state index in [1.165, 1.54) is 28.7 Å². The van der Waals surface area contributed by atoms with Gasteiger partial charge in [0.25, 0.3) is 0 Å². The van der Waals surface area contributed by atoms with Gasteiger partial charge < -0.3 is 4.74 Å². The van der Waals surface area contributed by atoms with E-state index in [1.807, 2.05) is 0 Å². The van der Waals surface area contributed by atoms with E-state index in [1.54, 1.807) is 34.9 Å². The second kappa shape index (κ2) is 7.66. The molecule has 3 aromatic rings. The van der Waals surface area contributed by atoms with Crippen LogP contribution in [0, 0.1) is 5.92 Å². The zero-order valence-electron chi connectivity index (χ0n) is 15.6. The van der Waals surface area contributed by atoms with Crippen LogP contribution >= 0.6 is 34.9 Å². The first kappa shape index (κ1) is 18.5. The van der Waals surface area contributed by atoms with Gasteiger partial charge in [-0.15, -0.1) is 21.5 Å². The summed E-state index contributed by atoms with van der Waals surface area (Å²) in [5.74, 6) is 1.57. The fraction of sp³-hybridized carbons (Fsp3) is 0.611. The van der Waals surface area contributed by atoms with E-state index in [9.17, 15) is 0 Å². The first-order chi connectivity index (χ1) is 12.6. The van der Waals surface area contributed by atoms with Gasteiger partial charge in [-0.1, -0.05) is 50.7 Å². The Morgan fingerprint density at radius 1 is 1.31 bits per heavy atom. The summed E-state index contributed by atoms with van der Waals surface area (Å²) < 4.78 is 8.22. The van der Waals surface area contributed by atoms with Crippen molar-refractivity contribution in [3.63, 3.8) is 0 Å². The Hall–Kier alpha value is -0.830. The molecule has 0 spiro atoms. The largest absolute Gasteiger partial charge is 0.372 e. The van der Waals surface area contributed by atoms with Crippen molar-refractivity contribution in [2.75, 3.05) is 12.0 Å². The highest BCUT2D eigenvalue weighted by atomic mass is 32.2. The lowest BCUT2D eigenvalue weighted by molar-refractivity contribution is 0.00203. The van der Waals surface area contributed by atoms with Crippen LogP contribution in [0.25, 0.3) is 15.9 Å². The summed E-state index contributed by atoms with van der Waals surface area (Å²) in [5.41, 5.74) is 2.33. The third-order valence-corrected chi connectivity index (χ3v) is 7.56. The van der Waals surface area contributed by atoms with Crippen molar-refractivity contribution in [1.82, 2.24) is 19.6 Å². The summed E-state index contributed by atoms with van der Waals surface area (Å²) in [6.45, 7) is 7.35. The summed E-state index contributed by atoms with van der Waals surface area (Å²) in [6, 6.07) is 0. The van der Waals surface area contributed by atoms with E-state index in [4.69, 9.17) is 9.72 Å². The third kappa shape index (κ3) is 3.15. The molecule has 1 atom stereocenters. The summed E-state index contributed by atoms with van der Waals surface area (Å²) >= 11 is 5.19. The number of thiophene rings is 1. The normalized spacial score (nSPS) is 17.5. The summed E-state index contributed by atoms with van der Waals surface area (Å²) in [4.78, 5) is 7.32. The minimum atomic E-state index is 0.266. The minimum absolute atomic E-state index is 0.266. The molecule has 4 rings (SSSR count). The lowest BCUT2D eigenvalue weighted by Crippen LogP contribution is -2.26. The number of hydrogen-bond donors (Lipinski definition) is 0. The molecule has 0 unspecified atom stereocenters. The van der Waals surface area contributed by atoms with E-state index in [-0.39, 0.29) is 6.10 Å².